The lowest BCUT2D eigenvalue weighted by molar-refractivity contribution is 0.0956. The molecule has 9 heteroatoms. The molecular formula is C23H23BrN4O3S. The summed E-state index contributed by atoms with van der Waals surface area (Å²) in [5, 5.41) is 7.29. The fourth-order valence-corrected chi connectivity index (χ4v) is 4.38. The summed E-state index contributed by atoms with van der Waals surface area (Å²) in [5.74, 6) is 0.0334. The van der Waals surface area contributed by atoms with E-state index in [0.717, 1.165) is 27.2 Å². The van der Waals surface area contributed by atoms with Gasteiger partial charge in [0.1, 0.15) is 10.8 Å². The Kier molecular flexibility index (Phi) is 8.15. The van der Waals surface area contributed by atoms with Crippen LogP contribution in [0.25, 0.3) is 0 Å². The number of rotatable bonds is 8. The summed E-state index contributed by atoms with van der Waals surface area (Å²) in [4.78, 5) is 27.5. The number of hydrazone groups is 1. The minimum Gasteiger partial charge on any atom is -0.497 e. The summed E-state index contributed by atoms with van der Waals surface area (Å²) < 4.78 is 5.84. The largest absolute Gasteiger partial charge is 0.497 e. The first-order valence-corrected chi connectivity index (χ1v) is 11.3. The van der Waals surface area contributed by atoms with Gasteiger partial charge in [0.05, 0.1) is 22.7 Å². The van der Waals surface area contributed by atoms with E-state index in [1.54, 1.807) is 31.4 Å². The number of carbonyl (C=O) groups is 2. The molecule has 7 nitrogen and oxygen atoms in total. The first kappa shape index (κ1) is 23.6. The molecule has 2 amide bonds. The van der Waals surface area contributed by atoms with E-state index in [9.17, 15) is 9.59 Å². The summed E-state index contributed by atoms with van der Waals surface area (Å²) in [6.45, 7) is 0.728. The van der Waals surface area contributed by atoms with Crippen LogP contribution in [0.2, 0.25) is 0 Å². The number of nitrogens with zero attached hydrogens (tertiary/aromatic N) is 2. The van der Waals surface area contributed by atoms with Gasteiger partial charge in [0.2, 0.25) is 0 Å². The summed E-state index contributed by atoms with van der Waals surface area (Å²) >= 11 is 4.65. The van der Waals surface area contributed by atoms with Crippen molar-refractivity contribution in [3.8, 4) is 5.75 Å². The maximum absolute atomic E-state index is 12.8. The summed E-state index contributed by atoms with van der Waals surface area (Å²) in [6.07, 6.45) is 1.53. The Balaban J connectivity index is 1.68. The van der Waals surface area contributed by atoms with E-state index in [0.29, 0.717) is 16.1 Å². The molecule has 0 saturated carbocycles. The zero-order chi connectivity index (χ0) is 23.1. The predicted octanol–water partition coefficient (Wildman–Crippen LogP) is 4.60. The normalized spacial score (nSPS) is 11.0. The van der Waals surface area contributed by atoms with Crippen LogP contribution in [0.3, 0.4) is 0 Å². The lowest BCUT2D eigenvalue weighted by atomic mass is 10.1. The highest BCUT2D eigenvalue weighted by Gasteiger charge is 2.18. The monoisotopic (exact) mass is 514 g/mol. The number of benzene rings is 2. The zero-order valence-electron chi connectivity index (χ0n) is 17.9. The van der Waals surface area contributed by atoms with Crippen molar-refractivity contribution in [2.75, 3.05) is 26.5 Å². The molecule has 0 bridgehead atoms. The van der Waals surface area contributed by atoms with Gasteiger partial charge in [-0.15, -0.1) is 11.3 Å². The minimum atomic E-state index is -0.423. The molecule has 2 N–H and O–H groups in total. The number of hydrogen-bond acceptors (Lipinski definition) is 6. The second kappa shape index (κ2) is 11.0. The van der Waals surface area contributed by atoms with Gasteiger partial charge in [-0.05, 0) is 83.6 Å². The number of methoxy groups -OCH3 is 1. The van der Waals surface area contributed by atoms with E-state index in [-0.39, 0.29) is 5.91 Å². The Morgan fingerprint density at radius 1 is 1.12 bits per heavy atom. The van der Waals surface area contributed by atoms with E-state index in [4.69, 9.17) is 4.74 Å². The van der Waals surface area contributed by atoms with Crippen LogP contribution in [0.5, 0.6) is 5.75 Å². The smallest absolute Gasteiger partial charge is 0.274 e. The molecule has 166 valence electrons. The lowest BCUT2D eigenvalue weighted by Crippen LogP contribution is -2.20. The highest BCUT2D eigenvalue weighted by atomic mass is 79.9. The number of carbonyl (C=O) groups excluding carboxylic acids is 2. The summed E-state index contributed by atoms with van der Waals surface area (Å²) in [7, 11) is 5.54. The molecule has 0 aliphatic rings. The maximum atomic E-state index is 12.8. The van der Waals surface area contributed by atoms with Gasteiger partial charge in [-0.3, -0.25) is 9.59 Å². The van der Waals surface area contributed by atoms with Crippen molar-refractivity contribution in [2.24, 2.45) is 5.10 Å². The molecule has 3 aromatic rings. The fourth-order valence-electron chi connectivity index (χ4n) is 2.89. The van der Waals surface area contributed by atoms with Crippen molar-refractivity contribution < 1.29 is 14.3 Å². The third kappa shape index (κ3) is 6.49. The Hall–Kier alpha value is -3.01. The van der Waals surface area contributed by atoms with Gasteiger partial charge in [-0.2, -0.15) is 5.10 Å². The molecule has 2 aromatic carbocycles. The third-order valence-electron chi connectivity index (χ3n) is 4.36. The molecule has 0 spiro atoms. The van der Waals surface area contributed by atoms with Crippen molar-refractivity contribution >= 4 is 50.3 Å². The van der Waals surface area contributed by atoms with E-state index >= 15 is 0 Å². The molecule has 3 rings (SSSR count). The molecule has 1 aromatic heterocycles. The SMILES string of the molecule is COc1ccc(C=NNC(=O)c2cc(Br)sc2NC(=O)c2cccc(CN(C)C)c2)cc1. The number of thiophene rings is 1. The fraction of sp³-hybridized carbons (Fsp3) is 0.174. The lowest BCUT2D eigenvalue weighted by Gasteiger charge is -2.11. The summed E-state index contributed by atoms with van der Waals surface area (Å²) in [5.41, 5.74) is 5.19. The number of halogens is 1. The molecule has 0 unspecified atom stereocenters. The van der Waals surface area contributed by atoms with Gasteiger partial charge in [-0.25, -0.2) is 5.43 Å². The first-order chi connectivity index (χ1) is 15.4. The third-order valence-corrected chi connectivity index (χ3v) is 5.91. The van der Waals surface area contributed by atoms with Gasteiger partial charge in [0.25, 0.3) is 11.8 Å². The van der Waals surface area contributed by atoms with Crippen molar-refractivity contribution in [1.82, 2.24) is 10.3 Å². The van der Waals surface area contributed by atoms with E-state index in [2.05, 4.69) is 31.8 Å². The number of anilines is 1. The average molecular weight is 515 g/mol. The molecule has 0 radical (unpaired) electrons. The molecule has 32 heavy (non-hydrogen) atoms. The van der Waals surface area contributed by atoms with Crippen LogP contribution >= 0.6 is 27.3 Å². The Morgan fingerprint density at radius 2 is 1.88 bits per heavy atom. The van der Waals surface area contributed by atoms with E-state index in [1.165, 1.54) is 17.6 Å². The Bertz CT molecular complexity index is 1130. The highest BCUT2D eigenvalue weighted by molar-refractivity contribution is 9.11. The molecule has 0 saturated heterocycles. The second-order valence-electron chi connectivity index (χ2n) is 7.16. The predicted molar refractivity (Wildman–Crippen MR) is 132 cm³/mol. The number of amides is 2. The van der Waals surface area contributed by atoms with Crippen molar-refractivity contribution in [3.63, 3.8) is 0 Å². The van der Waals surface area contributed by atoms with Crippen LogP contribution in [0.1, 0.15) is 31.8 Å². The first-order valence-electron chi connectivity index (χ1n) is 9.67. The van der Waals surface area contributed by atoms with E-state index in [1.807, 2.05) is 49.3 Å². The van der Waals surface area contributed by atoms with Crippen molar-refractivity contribution in [3.05, 3.63) is 80.6 Å². The molecule has 0 atom stereocenters. The second-order valence-corrected chi connectivity index (χ2v) is 9.59. The zero-order valence-corrected chi connectivity index (χ0v) is 20.3. The van der Waals surface area contributed by atoms with Crippen LogP contribution < -0.4 is 15.5 Å². The van der Waals surface area contributed by atoms with Crippen LogP contribution in [-0.4, -0.2) is 44.1 Å². The number of nitrogens with one attached hydrogen (secondary N) is 2. The van der Waals surface area contributed by atoms with Crippen LogP contribution in [0, 0.1) is 0 Å². The number of hydrogen-bond donors (Lipinski definition) is 2. The molecule has 1 heterocycles. The van der Waals surface area contributed by atoms with Gasteiger partial charge >= 0.3 is 0 Å². The molecule has 0 aliphatic heterocycles. The van der Waals surface area contributed by atoms with E-state index < -0.39 is 5.91 Å². The van der Waals surface area contributed by atoms with Crippen molar-refractivity contribution in [2.45, 2.75) is 6.54 Å². The quantitative estimate of drug-likeness (QED) is 0.340. The molecule has 0 fully saturated rings. The minimum absolute atomic E-state index is 0.282. The average Bonchev–Trinajstić information content (AvgIpc) is 3.14. The Labute approximate surface area is 199 Å². The van der Waals surface area contributed by atoms with Gasteiger partial charge in [-0.1, -0.05) is 12.1 Å². The Morgan fingerprint density at radius 3 is 2.56 bits per heavy atom. The molecule has 0 aliphatic carbocycles. The highest BCUT2D eigenvalue weighted by Crippen LogP contribution is 2.32. The van der Waals surface area contributed by atoms with Crippen LogP contribution in [0.4, 0.5) is 5.00 Å². The standard InChI is InChI=1S/C23H23BrN4O3S/c1-28(2)14-16-5-4-6-17(11-16)21(29)26-23-19(12-20(24)32-23)22(30)27-25-13-15-7-9-18(31-3)10-8-15/h4-13H,14H2,1-3H3,(H,26,29)(H,27,30). The topological polar surface area (TPSA) is 83.0 Å². The summed E-state index contributed by atoms with van der Waals surface area (Å²) in [6, 6.07) is 16.3. The molecular weight excluding hydrogens is 492 g/mol. The van der Waals surface area contributed by atoms with Gasteiger partial charge in [0.15, 0.2) is 0 Å². The van der Waals surface area contributed by atoms with Crippen LogP contribution in [0.15, 0.2) is 63.5 Å². The van der Waals surface area contributed by atoms with Gasteiger partial charge in [0, 0.05) is 12.1 Å². The van der Waals surface area contributed by atoms with Gasteiger partial charge < -0.3 is 15.0 Å². The number of ether oxygens (including phenoxy) is 1. The van der Waals surface area contributed by atoms with Crippen molar-refractivity contribution in [1.29, 1.82) is 0 Å². The maximum Gasteiger partial charge on any atom is 0.274 e. The van der Waals surface area contributed by atoms with Crippen LogP contribution in [-0.2, 0) is 6.54 Å².